The van der Waals surface area contributed by atoms with Gasteiger partial charge in [-0.1, -0.05) is 0 Å². The first-order valence-electron chi connectivity index (χ1n) is 11.2. The third-order valence-corrected chi connectivity index (χ3v) is 5.24. The Kier molecular flexibility index (Phi) is 6.87. The predicted molar refractivity (Wildman–Crippen MR) is 131 cm³/mol. The second kappa shape index (κ2) is 10.0. The number of pyridine rings is 2. The van der Waals surface area contributed by atoms with Gasteiger partial charge in [-0.05, 0) is 50.6 Å². The minimum atomic E-state index is -0.504. The lowest BCUT2D eigenvalue weighted by molar-refractivity contribution is 0.0240. The van der Waals surface area contributed by atoms with Crippen molar-refractivity contribution in [2.75, 3.05) is 36.4 Å². The monoisotopic (exact) mass is 462 g/mol. The number of nitrogens with zero attached hydrogens (tertiary/aromatic N) is 6. The van der Waals surface area contributed by atoms with E-state index in [0.717, 1.165) is 22.6 Å². The molecule has 3 N–H and O–H groups in total. The molecular formula is C24H30N8O2. The van der Waals surface area contributed by atoms with Gasteiger partial charge >= 0.3 is 6.09 Å². The standard InChI is InChI=1S/C24H30N8O2/c1-24(2,3)34-23(33)32-10-8-31(9-11-32)22-14-18(4-5-28-22)19-12-17(15-25)13-20(29-19)30-21-16-26-6-7-27-21/h4-7,12-14,16H,8-11,15,25H2,1-3H3,(H,27,29,30). The summed E-state index contributed by atoms with van der Waals surface area (Å²) in [5.41, 5.74) is 8.09. The molecule has 1 amide bonds. The maximum Gasteiger partial charge on any atom is 0.410 e. The third-order valence-electron chi connectivity index (χ3n) is 5.24. The summed E-state index contributed by atoms with van der Waals surface area (Å²) in [6.45, 7) is 8.50. The third kappa shape index (κ3) is 5.96. The van der Waals surface area contributed by atoms with Crippen molar-refractivity contribution < 1.29 is 9.53 Å². The summed E-state index contributed by atoms with van der Waals surface area (Å²) in [6.07, 6.45) is 6.37. The quantitative estimate of drug-likeness (QED) is 0.588. The van der Waals surface area contributed by atoms with E-state index in [0.29, 0.717) is 44.4 Å². The second-order valence-corrected chi connectivity index (χ2v) is 9.02. The Hall–Kier alpha value is -3.79. The Morgan fingerprint density at radius 3 is 2.53 bits per heavy atom. The highest BCUT2D eigenvalue weighted by atomic mass is 16.6. The average molecular weight is 463 g/mol. The van der Waals surface area contributed by atoms with Gasteiger partial charge in [0, 0.05) is 56.9 Å². The van der Waals surface area contributed by atoms with Gasteiger partial charge in [-0.3, -0.25) is 4.98 Å². The maximum atomic E-state index is 12.4. The Labute approximate surface area is 199 Å². The lowest BCUT2D eigenvalue weighted by Crippen LogP contribution is -2.50. The number of rotatable bonds is 5. The lowest BCUT2D eigenvalue weighted by Gasteiger charge is -2.36. The zero-order valence-electron chi connectivity index (χ0n) is 19.7. The van der Waals surface area contributed by atoms with E-state index in [1.807, 2.05) is 45.0 Å². The molecule has 3 aromatic heterocycles. The molecule has 10 nitrogen and oxygen atoms in total. The van der Waals surface area contributed by atoms with E-state index in [9.17, 15) is 4.79 Å². The van der Waals surface area contributed by atoms with Crippen LogP contribution in [0, 0.1) is 0 Å². The molecule has 0 radical (unpaired) electrons. The van der Waals surface area contributed by atoms with E-state index in [4.69, 9.17) is 15.5 Å². The summed E-state index contributed by atoms with van der Waals surface area (Å²) in [5.74, 6) is 2.08. The molecular weight excluding hydrogens is 432 g/mol. The molecule has 0 atom stereocenters. The van der Waals surface area contributed by atoms with E-state index in [-0.39, 0.29) is 6.09 Å². The molecule has 10 heteroatoms. The van der Waals surface area contributed by atoms with Gasteiger partial charge in [-0.15, -0.1) is 0 Å². The predicted octanol–water partition coefficient (Wildman–Crippen LogP) is 3.19. The van der Waals surface area contributed by atoms with Crippen molar-refractivity contribution in [3.63, 3.8) is 0 Å². The number of amides is 1. The van der Waals surface area contributed by atoms with Crippen LogP contribution in [0.15, 0.2) is 49.1 Å². The zero-order valence-corrected chi connectivity index (χ0v) is 19.7. The SMILES string of the molecule is CC(C)(C)OC(=O)N1CCN(c2cc(-c3cc(CN)cc(Nc4cnccn4)n3)ccn2)CC1. The smallest absolute Gasteiger partial charge is 0.410 e. The molecule has 0 aliphatic carbocycles. The van der Waals surface area contributed by atoms with E-state index in [2.05, 4.69) is 25.2 Å². The Morgan fingerprint density at radius 1 is 1.06 bits per heavy atom. The Bertz CT molecular complexity index is 1130. The van der Waals surface area contributed by atoms with Gasteiger partial charge in [-0.2, -0.15) is 0 Å². The molecule has 178 valence electrons. The van der Waals surface area contributed by atoms with Gasteiger partial charge in [0.15, 0.2) is 0 Å². The molecule has 0 spiro atoms. The number of anilines is 3. The molecule has 0 bridgehead atoms. The van der Waals surface area contributed by atoms with Gasteiger partial charge < -0.3 is 25.6 Å². The molecule has 1 saturated heterocycles. The van der Waals surface area contributed by atoms with Crippen LogP contribution in [0.2, 0.25) is 0 Å². The number of carbonyl (C=O) groups is 1. The van der Waals surface area contributed by atoms with E-state index >= 15 is 0 Å². The van der Waals surface area contributed by atoms with Crippen LogP contribution in [0.5, 0.6) is 0 Å². The fraction of sp³-hybridized carbons (Fsp3) is 0.375. The highest BCUT2D eigenvalue weighted by molar-refractivity contribution is 5.69. The van der Waals surface area contributed by atoms with E-state index in [1.54, 1.807) is 29.7 Å². The fourth-order valence-corrected chi connectivity index (χ4v) is 3.61. The van der Waals surface area contributed by atoms with Crippen molar-refractivity contribution in [2.24, 2.45) is 5.73 Å². The van der Waals surface area contributed by atoms with Crippen molar-refractivity contribution >= 4 is 23.5 Å². The zero-order chi connectivity index (χ0) is 24.1. The summed E-state index contributed by atoms with van der Waals surface area (Å²) in [7, 11) is 0. The van der Waals surface area contributed by atoms with Gasteiger partial charge in [0.1, 0.15) is 23.1 Å². The normalized spacial score (nSPS) is 14.1. The largest absolute Gasteiger partial charge is 0.444 e. The average Bonchev–Trinajstić information content (AvgIpc) is 2.83. The molecule has 3 aromatic rings. The first-order chi connectivity index (χ1) is 16.3. The number of aromatic nitrogens is 4. The van der Waals surface area contributed by atoms with Crippen LogP contribution in [-0.2, 0) is 11.3 Å². The van der Waals surface area contributed by atoms with Crippen LogP contribution in [0.4, 0.5) is 22.2 Å². The number of carbonyl (C=O) groups excluding carboxylic acids is 1. The van der Waals surface area contributed by atoms with E-state index in [1.165, 1.54) is 0 Å². The van der Waals surface area contributed by atoms with Crippen molar-refractivity contribution in [1.82, 2.24) is 24.8 Å². The highest BCUT2D eigenvalue weighted by Gasteiger charge is 2.26. The number of ether oxygens (including phenoxy) is 1. The maximum absolute atomic E-state index is 12.4. The highest BCUT2D eigenvalue weighted by Crippen LogP contribution is 2.26. The second-order valence-electron chi connectivity index (χ2n) is 9.02. The number of nitrogens with one attached hydrogen (secondary N) is 1. The molecule has 0 unspecified atom stereocenters. The number of hydrogen-bond donors (Lipinski definition) is 2. The van der Waals surface area contributed by atoms with Crippen LogP contribution < -0.4 is 16.0 Å². The van der Waals surface area contributed by atoms with Crippen LogP contribution >= 0.6 is 0 Å². The topological polar surface area (TPSA) is 122 Å². The molecule has 1 fully saturated rings. The van der Waals surface area contributed by atoms with Crippen LogP contribution in [0.3, 0.4) is 0 Å². The molecule has 4 heterocycles. The summed E-state index contributed by atoms with van der Waals surface area (Å²) in [4.78, 5) is 33.9. The molecule has 34 heavy (non-hydrogen) atoms. The van der Waals surface area contributed by atoms with Gasteiger partial charge in [0.05, 0.1) is 11.9 Å². The van der Waals surface area contributed by atoms with Gasteiger partial charge in [0.2, 0.25) is 0 Å². The first kappa shape index (κ1) is 23.4. The Balaban J connectivity index is 1.49. The number of nitrogens with two attached hydrogens (primary N) is 1. The molecule has 0 saturated carbocycles. The van der Waals surface area contributed by atoms with Gasteiger partial charge in [0.25, 0.3) is 0 Å². The molecule has 0 aromatic carbocycles. The molecule has 1 aliphatic rings. The van der Waals surface area contributed by atoms with Crippen LogP contribution in [-0.4, -0.2) is 62.7 Å². The van der Waals surface area contributed by atoms with Gasteiger partial charge in [-0.25, -0.2) is 19.7 Å². The summed E-state index contributed by atoms with van der Waals surface area (Å²) < 4.78 is 5.49. The lowest BCUT2D eigenvalue weighted by atomic mass is 10.1. The van der Waals surface area contributed by atoms with Crippen molar-refractivity contribution in [2.45, 2.75) is 32.9 Å². The minimum absolute atomic E-state index is 0.278. The van der Waals surface area contributed by atoms with E-state index < -0.39 is 5.60 Å². The van der Waals surface area contributed by atoms with Crippen molar-refractivity contribution in [1.29, 1.82) is 0 Å². The molecule has 4 rings (SSSR count). The van der Waals surface area contributed by atoms with Crippen molar-refractivity contribution in [3.05, 3.63) is 54.6 Å². The Morgan fingerprint density at radius 2 is 1.85 bits per heavy atom. The summed E-state index contributed by atoms with van der Waals surface area (Å²) >= 11 is 0. The van der Waals surface area contributed by atoms with Crippen LogP contribution in [0.25, 0.3) is 11.3 Å². The first-order valence-corrected chi connectivity index (χ1v) is 11.2. The summed E-state index contributed by atoms with van der Waals surface area (Å²) in [6, 6.07) is 7.81. The minimum Gasteiger partial charge on any atom is -0.444 e. The number of piperazine rings is 1. The van der Waals surface area contributed by atoms with Crippen molar-refractivity contribution in [3.8, 4) is 11.3 Å². The summed E-state index contributed by atoms with van der Waals surface area (Å²) in [5, 5.41) is 3.18. The fourth-order valence-electron chi connectivity index (χ4n) is 3.61. The molecule has 1 aliphatic heterocycles. The van der Waals surface area contributed by atoms with Crippen LogP contribution in [0.1, 0.15) is 26.3 Å². The number of hydrogen-bond acceptors (Lipinski definition) is 9.